The van der Waals surface area contributed by atoms with Crippen LogP contribution in [0.2, 0.25) is 0 Å². The van der Waals surface area contributed by atoms with E-state index in [9.17, 15) is 0 Å². The molecule has 1 fully saturated rings. The molecular weight excluding hydrogens is 262 g/mol. The Morgan fingerprint density at radius 1 is 1.60 bits per heavy atom. The second kappa shape index (κ2) is 4.25. The fourth-order valence-corrected chi connectivity index (χ4v) is 1.96. The van der Waals surface area contributed by atoms with E-state index in [0.717, 1.165) is 6.42 Å². The summed E-state index contributed by atoms with van der Waals surface area (Å²) in [6, 6.07) is 3.67. The molecule has 0 aliphatic carbocycles. The molecule has 1 saturated heterocycles. The summed E-state index contributed by atoms with van der Waals surface area (Å²) in [7, 11) is 0. The van der Waals surface area contributed by atoms with Gasteiger partial charge in [0.15, 0.2) is 10.4 Å². The summed E-state index contributed by atoms with van der Waals surface area (Å²) in [4.78, 5) is 0. The molecule has 1 aromatic rings. The van der Waals surface area contributed by atoms with Gasteiger partial charge in [0.1, 0.15) is 0 Å². The van der Waals surface area contributed by atoms with Gasteiger partial charge >= 0.3 is 0 Å². The highest BCUT2D eigenvalue weighted by atomic mass is 79.9. The summed E-state index contributed by atoms with van der Waals surface area (Å²) in [6.07, 6.45) is 0.862. The summed E-state index contributed by atoms with van der Waals surface area (Å²) in [6.45, 7) is 3.02. The zero-order valence-corrected chi connectivity index (χ0v) is 10.1. The minimum Gasteiger partial charge on any atom is -0.449 e. The van der Waals surface area contributed by atoms with Crippen molar-refractivity contribution >= 4 is 15.9 Å². The van der Waals surface area contributed by atoms with Crippen LogP contribution in [0.5, 0.6) is 0 Å². The lowest BCUT2D eigenvalue weighted by Gasteiger charge is -2.20. The van der Waals surface area contributed by atoms with Crippen LogP contribution in [-0.4, -0.2) is 19.3 Å². The van der Waals surface area contributed by atoms with E-state index in [0.29, 0.717) is 23.6 Å². The third-order valence-corrected chi connectivity index (χ3v) is 2.87. The predicted molar refractivity (Wildman–Crippen MR) is 58.3 cm³/mol. The van der Waals surface area contributed by atoms with Crippen LogP contribution in [0, 0.1) is 0 Å². The van der Waals surface area contributed by atoms with Gasteiger partial charge in [-0.1, -0.05) is 0 Å². The lowest BCUT2D eigenvalue weighted by atomic mass is 10.2. The van der Waals surface area contributed by atoms with E-state index in [1.807, 2.05) is 19.1 Å². The molecule has 0 spiro atoms. The van der Waals surface area contributed by atoms with Crippen LogP contribution < -0.4 is 5.73 Å². The molecule has 5 heteroatoms. The van der Waals surface area contributed by atoms with Crippen molar-refractivity contribution < 1.29 is 13.9 Å². The Bertz CT molecular complexity index is 341. The van der Waals surface area contributed by atoms with E-state index in [4.69, 9.17) is 19.6 Å². The fourth-order valence-electron chi connectivity index (χ4n) is 1.65. The van der Waals surface area contributed by atoms with Crippen LogP contribution >= 0.6 is 15.9 Å². The summed E-state index contributed by atoms with van der Waals surface area (Å²) in [5.74, 6) is -0.0971. The quantitative estimate of drug-likeness (QED) is 0.917. The lowest BCUT2D eigenvalue weighted by molar-refractivity contribution is -0.174. The standard InChI is InChI=1S/C10H14BrNO3/c1-10(8-2-3-9(11)14-8)13-6-7(15-10)4-5-12/h2-3,7H,4-6,12H2,1H3. The first-order valence-electron chi connectivity index (χ1n) is 4.92. The molecular formula is C10H14BrNO3. The Morgan fingerprint density at radius 2 is 2.40 bits per heavy atom. The van der Waals surface area contributed by atoms with E-state index in [-0.39, 0.29) is 6.10 Å². The molecule has 0 radical (unpaired) electrons. The minimum atomic E-state index is -0.772. The smallest absolute Gasteiger partial charge is 0.225 e. The molecule has 0 amide bonds. The molecule has 0 bridgehead atoms. The monoisotopic (exact) mass is 275 g/mol. The second-order valence-electron chi connectivity index (χ2n) is 3.68. The van der Waals surface area contributed by atoms with Crippen molar-refractivity contribution in [3.8, 4) is 0 Å². The molecule has 1 aliphatic heterocycles. The molecule has 2 N–H and O–H groups in total. The molecule has 2 unspecified atom stereocenters. The Morgan fingerprint density at radius 3 is 3.00 bits per heavy atom. The summed E-state index contributed by atoms with van der Waals surface area (Å²) in [5, 5.41) is 0. The number of hydrogen-bond donors (Lipinski definition) is 1. The van der Waals surface area contributed by atoms with Crippen molar-refractivity contribution in [2.24, 2.45) is 5.73 Å². The predicted octanol–water partition coefficient (Wildman–Crippen LogP) is 1.98. The number of hydrogen-bond acceptors (Lipinski definition) is 4. The van der Waals surface area contributed by atoms with E-state index in [1.165, 1.54) is 0 Å². The minimum absolute atomic E-state index is 0.0591. The number of furan rings is 1. The molecule has 2 rings (SSSR count). The normalized spacial score (nSPS) is 31.0. The molecule has 1 aromatic heterocycles. The van der Waals surface area contributed by atoms with Crippen LogP contribution in [-0.2, 0) is 15.3 Å². The Balaban J connectivity index is 2.09. The van der Waals surface area contributed by atoms with Gasteiger partial charge in [0.2, 0.25) is 5.79 Å². The highest BCUT2D eigenvalue weighted by molar-refractivity contribution is 9.10. The van der Waals surface area contributed by atoms with Crippen LogP contribution in [0.25, 0.3) is 0 Å². The maximum atomic E-state index is 5.77. The van der Waals surface area contributed by atoms with Crippen molar-refractivity contribution in [1.29, 1.82) is 0 Å². The Kier molecular flexibility index (Phi) is 3.16. The van der Waals surface area contributed by atoms with E-state index < -0.39 is 5.79 Å². The van der Waals surface area contributed by atoms with Gasteiger partial charge in [-0.15, -0.1) is 0 Å². The molecule has 0 aromatic carbocycles. The van der Waals surface area contributed by atoms with Crippen LogP contribution in [0.15, 0.2) is 21.2 Å². The number of halogens is 1. The van der Waals surface area contributed by atoms with Gasteiger partial charge in [0, 0.05) is 0 Å². The van der Waals surface area contributed by atoms with Crippen molar-refractivity contribution in [2.75, 3.05) is 13.2 Å². The first kappa shape index (κ1) is 11.1. The largest absolute Gasteiger partial charge is 0.449 e. The van der Waals surface area contributed by atoms with Gasteiger partial charge in [0.05, 0.1) is 12.7 Å². The molecule has 0 saturated carbocycles. The van der Waals surface area contributed by atoms with Crippen molar-refractivity contribution in [1.82, 2.24) is 0 Å². The number of rotatable bonds is 3. The lowest BCUT2D eigenvalue weighted by Crippen LogP contribution is -2.24. The Labute approximate surface area is 96.8 Å². The maximum Gasteiger partial charge on any atom is 0.225 e. The number of nitrogens with two attached hydrogens (primary N) is 1. The third kappa shape index (κ3) is 2.25. The van der Waals surface area contributed by atoms with Gasteiger partial charge in [-0.2, -0.15) is 0 Å². The molecule has 2 atom stereocenters. The van der Waals surface area contributed by atoms with Crippen molar-refractivity contribution in [2.45, 2.75) is 25.2 Å². The zero-order chi connectivity index (χ0) is 10.9. The van der Waals surface area contributed by atoms with Crippen molar-refractivity contribution in [3.05, 3.63) is 22.6 Å². The molecule has 15 heavy (non-hydrogen) atoms. The average molecular weight is 276 g/mol. The van der Waals surface area contributed by atoms with E-state index in [1.54, 1.807) is 0 Å². The highest BCUT2D eigenvalue weighted by Gasteiger charge is 2.41. The van der Waals surface area contributed by atoms with Crippen LogP contribution in [0.4, 0.5) is 0 Å². The van der Waals surface area contributed by atoms with E-state index >= 15 is 0 Å². The molecule has 84 valence electrons. The molecule has 1 aliphatic rings. The summed E-state index contributed by atoms with van der Waals surface area (Å²) >= 11 is 3.25. The zero-order valence-electron chi connectivity index (χ0n) is 8.53. The molecule has 4 nitrogen and oxygen atoms in total. The maximum absolute atomic E-state index is 5.77. The Hall–Kier alpha value is -0.360. The fraction of sp³-hybridized carbons (Fsp3) is 0.600. The summed E-state index contributed by atoms with van der Waals surface area (Å²) < 4.78 is 17.5. The topological polar surface area (TPSA) is 57.6 Å². The molecule has 2 heterocycles. The SMILES string of the molecule is CC1(c2ccc(Br)o2)OCC(CCN)O1. The third-order valence-electron chi connectivity index (χ3n) is 2.45. The average Bonchev–Trinajstić information content (AvgIpc) is 2.75. The van der Waals surface area contributed by atoms with Gasteiger partial charge in [-0.05, 0) is 48.0 Å². The van der Waals surface area contributed by atoms with Crippen LogP contribution in [0.1, 0.15) is 19.1 Å². The number of ether oxygens (including phenoxy) is 2. The first-order chi connectivity index (χ1) is 7.14. The highest BCUT2D eigenvalue weighted by Crippen LogP contribution is 2.36. The van der Waals surface area contributed by atoms with Gasteiger partial charge in [-0.3, -0.25) is 0 Å². The second-order valence-corrected chi connectivity index (χ2v) is 4.46. The summed E-state index contributed by atoms with van der Waals surface area (Å²) in [5.41, 5.74) is 5.47. The van der Waals surface area contributed by atoms with E-state index in [2.05, 4.69) is 15.9 Å². The first-order valence-corrected chi connectivity index (χ1v) is 5.71. The van der Waals surface area contributed by atoms with Crippen LogP contribution in [0.3, 0.4) is 0 Å². The van der Waals surface area contributed by atoms with Gasteiger partial charge in [0.25, 0.3) is 0 Å². The van der Waals surface area contributed by atoms with Gasteiger partial charge in [-0.25, -0.2) is 0 Å². The van der Waals surface area contributed by atoms with Crippen molar-refractivity contribution in [3.63, 3.8) is 0 Å². The van der Waals surface area contributed by atoms with Gasteiger partial charge < -0.3 is 19.6 Å².